The van der Waals surface area contributed by atoms with Crippen LogP contribution in [0.5, 0.6) is 11.5 Å². The van der Waals surface area contributed by atoms with Crippen molar-refractivity contribution < 1.29 is 14.3 Å². The van der Waals surface area contributed by atoms with Crippen LogP contribution >= 0.6 is 0 Å². The molecule has 126 valence electrons. The molecule has 0 spiro atoms. The van der Waals surface area contributed by atoms with Crippen LogP contribution in [-0.2, 0) is 13.6 Å². The van der Waals surface area contributed by atoms with Gasteiger partial charge in [0.15, 0.2) is 11.5 Å². The van der Waals surface area contributed by atoms with E-state index in [-0.39, 0.29) is 12.7 Å². The Hall–Kier alpha value is -3.35. The summed E-state index contributed by atoms with van der Waals surface area (Å²) in [7, 11) is 1.88. The maximum absolute atomic E-state index is 12.3. The van der Waals surface area contributed by atoms with Crippen molar-refractivity contribution in [2.75, 3.05) is 6.79 Å². The summed E-state index contributed by atoms with van der Waals surface area (Å²) in [6.45, 7) is 0.568. The minimum Gasteiger partial charge on any atom is -0.454 e. The zero-order chi connectivity index (χ0) is 17.2. The molecule has 1 aliphatic heterocycles. The molecular weight excluding hydrogens is 320 g/mol. The Morgan fingerprint density at radius 3 is 2.92 bits per heavy atom. The number of pyridine rings is 1. The van der Waals surface area contributed by atoms with Crippen molar-refractivity contribution in [3.05, 3.63) is 60.0 Å². The van der Waals surface area contributed by atoms with Crippen LogP contribution in [0.3, 0.4) is 0 Å². The van der Waals surface area contributed by atoms with E-state index in [0.29, 0.717) is 23.6 Å². The van der Waals surface area contributed by atoms with Gasteiger partial charge in [0.2, 0.25) is 6.79 Å². The van der Waals surface area contributed by atoms with Crippen LogP contribution in [0.15, 0.2) is 48.9 Å². The fourth-order valence-electron chi connectivity index (χ4n) is 2.70. The summed E-state index contributed by atoms with van der Waals surface area (Å²) in [6.07, 6.45) is 5.25. The second kappa shape index (κ2) is 6.27. The van der Waals surface area contributed by atoms with Gasteiger partial charge in [-0.1, -0.05) is 0 Å². The standard InChI is InChI=1S/C18H16N4O3/c1-22-15(4-5-21-22)14-6-12(8-19-10-14)9-20-18(23)13-2-3-16-17(7-13)25-11-24-16/h2-8,10H,9,11H2,1H3,(H,20,23). The monoisotopic (exact) mass is 336 g/mol. The minimum atomic E-state index is -0.177. The van der Waals surface area contributed by atoms with Gasteiger partial charge in [0.25, 0.3) is 5.91 Å². The van der Waals surface area contributed by atoms with Crippen LogP contribution in [0.25, 0.3) is 11.3 Å². The lowest BCUT2D eigenvalue weighted by Gasteiger charge is -2.08. The molecule has 1 amide bonds. The predicted octanol–water partition coefficient (Wildman–Crippen LogP) is 2.14. The van der Waals surface area contributed by atoms with Crippen molar-refractivity contribution in [1.29, 1.82) is 0 Å². The van der Waals surface area contributed by atoms with E-state index in [0.717, 1.165) is 16.8 Å². The number of nitrogens with one attached hydrogen (secondary N) is 1. The Kier molecular flexibility index (Phi) is 3.81. The molecule has 25 heavy (non-hydrogen) atoms. The molecule has 0 unspecified atom stereocenters. The highest BCUT2D eigenvalue weighted by Gasteiger charge is 2.16. The SMILES string of the molecule is Cn1nccc1-c1cncc(CNC(=O)c2ccc3c(c2)OCO3)c1. The molecule has 2 aromatic heterocycles. The third kappa shape index (κ3) is 3.03. The molecule has 1 aromatic carbocycles. The number of amides is 1. The maximum atomic E-state index is 12.3. The first kappa shape index (κ1) is 15.2. The first-order valence-corrected chi connectivity index (χ1v) is 7.81. The van der Waals surface area contributed by atoms with Gasteiger partial charge < -0.3 is 14.8 Å². The molecule has 3 heterocycles. The Balaban J connectivity index is 1.46. The number of hydrogen-bond donors (Lipinski definition) is 1. The largest absolute Gasteiger partial charge is 0.454 e. The van der Waals surface area contributed by atoms with Crippen LogP contribution in [0.1, 0.15) is 15.9 Å². The summed E-state index contributed by atoms with van der Waals surface area (Å²) >= 11 is 0. The number of carbonyl (C=O) groups excluding carboxylic acids is 1. The van der Waals surface area contributed by atoms with Gasteiger partial charge in [0.1, 0.15) is 0 Å². The highest BCUT2D eigenvalue weighted by atomic mass is 16.7. The third-order valence-electron chi connectivity index (χ3n) is 4.00. The molecule has 0 saturated carbocycles. The van der Waals surface area contributed by atoms with Crippen LogP contribution in [0, 0.1) is 0 Å². The van der Waals surface area contributed by atoms with Crippen molar-refractivity contribution in [2.24, 2.45) is 7.05 Å². The quantitative estimate of drug-likeness (QED) is 0.790. The number of rotatable bonds is 4. The average molecular weight is 336 g/mol. The van der Waals surface area contributed by atoms with E-state index in [1.807, 2.05) is 19.2 Å². The Labute approximate surface area is 144 Å². The number of carbonyl (C=O) groups is 1. The second-order valence-corrected chi connectivity index (χ2v) is 5.67. The van der Waals surface area contributed by atoms with E-state index in [9.17, 15) is 4.79 Å². The zero-order valence-corrected chi connectivity index (χ0v) is 13.6. The average Bonchev–Trinajstić information content (AvgIpc) is 3.27. The molecule has 1 aliphatic rings. The van der Waals surface area contributed by atoms with Crippen LogP contribution in [0.4, 0.5) is 0 Å². The van der Waals surface area contributed by atoms with Crippen LogP contribution < -0.4 is 14.8 Å². The lowest BCUT2D eigenvalue weighted by atomic mass is 10.1. The summed E-state index contributed by atoms with van der Waals surface area (Å²) in [5.74, 6) is 1.07. The molecule has 7 nitrogen and oxygen atoms in total. The number of benzene rings is 1. The molecular formula is C18H16N4O3. The van der Waals surface area contributed by atoms with E-state index in [1.165, 1.54) is 0 Å². The topological polar surface area (TPSA) is 78.3 Å². The first-order chi connectivity index (χ1) is 12.2. The van der Waals surface area contributed by atoms with E-state index in [1.54, 1.807) is 41.5 Å². The number of aryl methyl sites for hydroxylation is 1. The van der Waals surface area contributed by atoms with Gasteiger partial charge in [-0.15, -0.1) is 0 Å². The fourth-order valence-corrected chi connectivity index (χ4v) is 2.70. The van der Waals surface area contributed by atoms with Gasteiger partial charge in [-0.2, -0.15) is 5.10 Å². The van der Waals surface area contributed by atoms with E-state index >= 15 is 0 Å². The normalized spacial score (nSPS) is 12.2. The summed E-state index contributed by atoms with van der Waals surface area (Å²) < 4.78 is 12.3. The predicted molar refractivity (Wildman–Crippen MR) is 90.2 cm³/mol. The lowest BCUT2D eigenvalue weighted by molar-refractivity contribution is 0.0950. The van der Waals surface area contributed by atoms with E-state index in [2.05, 4.69) is 15.4 Å². The first-order valence-electron chi connectivity index (χ1n) is 7.81. The van der Waals surface area contributed by atoms with Crippen molar-refractivity contribution in [2.45, 2.75) is 6.54 Å². The van der Waals surface area contributed by atoms with Gasteiger partial charge in [-0.3, -0.25) is 14.5 Å². The number of fused-ring (bicyclic) bond motifs is 1. The van der Waals surface area contributed by atoms with Crippen LogP contribution in [0.2, 0.25) is 0 Å². The highest BCUT2D eigenvalue weighted by Crippen LogP contribution is 2.32. The fraction of sp³-hybridized carbons (Fsp3) is 0.167. The number of hydrogen-bond acceptors (Lipinski definition) is 5. The van der Waals surface area contributed by atoms with Crippen LogP contribution in [-0.4, -0.2) is 27.5 Å². The Morgan fingerprint density at radius 1 is 1.20 bits per heavy atom. The Morgan fingerprint density at radius 2 is 2.08 bits per heavy atom. The molecule has 0 saturated heterocycles. The smallest absolute Gasteiger partial charge is 0.251 e. The van der Waals surface area contributed by atoms with Gasteiger partial charge in [0.05, 0.1) is 5.69 Å². The van der Waals surface area contributed by atoms with Crippen molar-refractivity contribution >= 4 is 5.91 Å². The molecule has 3 aromatic rings. The van der Waals surface area contributed by atoms with Gasteiger partial charge in [-0.05, 0) is 35.9 Å². The van der Waals surface area contributed by atoms with Crippen molar-refractivity contribution in [1.82, 2.24) is 20.1 Å². The summed E-state index contributed by atoms with van der Waals surface area (Å²) in [5, 5.41) is 7.06. The van der Waals surface area contributed by atoms with E-state index < -0.39 is 0 Å². The second-order valence-electron chi connectivity index (χ2n) is 5.67. The molecule has 0 fully saturated rings. The number of aromatic nitrogens is 3. The maximum Gasteiger partial charge on any atom is 0.251 e. The molecule has 0 aliphatic carbocycles. The third-order valence-corrected chi connectivity index (χ3v) is 4.00. The summed E-state index contributed by atoms with van der Waals surface area (Å²) in [6, 6.07) is 9.05. The molecule has 0 bridgehead atoms. The lowest BCUT2D eigenvalue weighted by Crippen LogP contribution is -2.22. The zero-order valence-electron chi connectivity index (χ0n) is 13.6. The number of nitrogens with zero attached hydrogens (tertiary/aromatic N) is 3. The van der Waals surface area contributed by atoms with E-state index in [4.69, 9.17) is 9.47 Å². The summed E-state index contributed by atoms with van der Waals surface area (Å²) in [4.78, 5) is 16.6. The molecule has 4 rings (SSSR count). The summed E-state index contributed by atoms with van der Waals surface area (Å²) in [5.41, 5.74) is 3.36. The van der Waals surface area contributed by atoms with Gasteiger partial charge in [-0.25, -0.2) is 0 Å². The Bertz CT molecular complexity index is 936. The molecule has 7 heteroatoms. The molecule has 0 atom stereocenters. The minimum absolute atomic E-state index is 0.177. The van der Waals surface area contributed by atoms with Gasteiger partial charge >= 0.3 is 0 Å². The molecule has 0 radical (unpaired) electrons. The van der Waals surface area contributed by atoms with Gasteiger partial charge in [0, 0.05) is 43.3 Å². The highest BCUT2D eigenvalue weighted by molar-refractivity contribution is 5.94. The van der Waals surface area contributed by atoms with Crippen molar-refractivity contribution in [3.8, 4) is 22.8 Å². The van der Waals surface area contributed by atoms with Crippen molar-refractivity contribution in [3.63, 3.8) is 0 Å². The number of ether oxygens (including phenoxy) is 2. The molecule has 1 N–H and O–H groups in total.